The minimum absolute atomic E-state index is 0.280. The maximum Gasteiger partial charge on any atom is 0.252 e. The standard InChI is InChI=1S/C22H24BrN3O4/c1-13(23)12-26-17-9-7-6-8-16(17)25-21(26)14(2)24-22(27)15-10-18(28-3)20(30-5)19(11-15)29-4/h6-11,14H,1,12H2,2-5H3,(H,24,27). The number of para-hydroxylation sites is 2. The van der Waals surface area contributed by atoms with E-state index in [4.69, 9.17) is 19.2 Å². The molecule has 8 heteroatoms. The van der Waals surface area contributed by atoms with Crippen LogP contribution in [0.5, 0.6) is 17.2 Å². The van der Waals surface area contributed by atoms with Crippen molar-refractivity contribution < 1.29 is 19.0 Å². The molecular formula is C22H24BrN3O4. The zero-order valence-corrected chi connectivity index (χ0v) is 18.9. The number of aromatic nitrogens is 2. The minimum atomic E-state index is -0.351. The lowest BCUT2D eigenvalue weighted by Crippen LogP contribution is -2.29. The molecule has 30 heavy (non-hydrogen) atoms. The molecule has 2 aromatic carbocycles. The third-order valence-corrected chi connectivity index (χ3v) is 4.93. The molecule has 0 saturated carbocycles. The largest absolute Gasteiger partial charge is 0.493 e. The van der Waals surface area contributed by atoms with Gasteiger partial charge >= 0.3 is 0 Å². The number of allylic oxidation sites excluding steroid dienone is 1. The van der Waals surface area contributed by atoms with Crippen molar-refractivity contribution in [1.29, 1.82) is 0 Å². The first-order chi connectivity index (χ1) is 14.4. The predicted molar refractivity (Wildman–Crippen MR) is 120 cm³/mol. The van der Waals surface area contributed by atoms with Crippen LogP contribution in [0.15, 0.2) is 47.5 Å². The number of nitrogens with zero attached hydrogens (tertiary/aromatic N) is 2. The molecule has 1 aromatic heterocycles. The maximum atomic E-state index is 13.0. The number of hydrogen-bond acceptors (Lipinski definition) is 5. The van der Waals surface area contributed by atoms with Gasteiger partial charge in [-0.2, -0.15) is 0 Å². The molecule has 1 atom stereocenters. The van der Waals surface area contributed by atoms with Gasteiger partial charge in [0.2, 0.25) is 5.75 Å². The van der Waals surface area contributed by atoms with Crippen molar-refractivity contribution in [3.8, 4) is 17.2 Å². The average Bonchev–Trinajstić information content (AvgIpc) is 3.10. The zero-order chi connectivity index (χ0) is 21.8. The van der Waals surface area contributed by atoms with E-state index in [0.29, 0.717) is 29.4 Å². The van der Waals surface area contributed by atoms with Gasteiger partial charge in [-0.05, 0) is 31.2 Å². The van der Waals surface area contributed by atoms with Crippen LogP contribution in [0.25, 0.3) is 11.0 Å². The van der Waals surface area contributed by atoms with Crippen LogP contribution in [0.4, 0.5) is 0 Å². The summed E-state index contributed by atoms with van der Waals surface area (Å²) in [5.74, 6) is 1.72. The molecule has 1 N–H and O–H groups in total. The van der Waals surface area contributed by atoms with Gasteiger partial charge in [-0.1, -0.05) is 34.6 Å². The summed E-state index contributed by atoms with van der Waals surface area (Å²) in [6, 6.07) is 10.7. The smallest absolute Gasteiger partial charge is 0.252 e. The summed E-state index contributed by atoms with van der Waals surface area (Å²) in [5, 5.41) is 3.01. The van der Waals surface area contributed by atoms with E-state index in [9.17, 15) is 4.79 Å². The van der Waals surface area contributed by atoms with Crippen molar-refractivity contribution in [2.75, 3.05) is 21.3 Å². The van der Waals surface area contributed by atoms with Gasteiger partial charge in [0.05, 0.1) is 44.9 Å². The Hall–Kier alpha value is -3.00. The Morgan fingerprint density at radius 1 is 1.17 bits per heavy atom. The van der Waals surface area contributed by atoms with Crippen molar-refractivity contribution in [3.63, 3.8) is 0 Å². The van der Waals surface area contributed by atoms with Gasteiger partial charge in [0.15, 0.2) is 11.5 Å². The molecule has 0 spiro atoms. The molecule has 1 unspecified atom stereocenters. The number of hydrogen-bond donors (Lipinski definition) is 1. The maximum absolute atomic E-state index is 13.0. The Bertz CT molecular complexity index is 1070. The minimum Gasteiger partial charge on any atom is -0.493 e. The number of carbonyl (C=O) groups is 1. The summed E-state index contributed by atoms with van der Waals surface area (Å²) in [4.78, 5) is 17.7. The molecule has 0 fully saturated rings. The second-order valence-electron chi connectivity index (χ2n) is 6.67. The lowest BCUT2D eigenvalue weighted by Gasteiger charge is -2.18. The van der Waals surface area contributed by atoms with Crippen LogP contribution in [0.2, 0.25) is 0 Å². The van der Waals surface area contributed by atoms with Gasteiger partial charge in [0.25, 0.3) is 5.91 Å². The highest BCUT2D eigenvalue weighted by Crippen LogP contribution is 2.38. The first-order valence-corrected chi connectivity index (χ1v) is 10.1. The monoisotopic (exact) mass is 473 g/mol. The summed E-state index contributed by atoms with van der Waals surface area (Å²) >= 11 is 3.43. The summed E-state index contributed by atoms with van der Waals surface area (Å²) < 4.78 is 18.9. The number of carbonyl (C=O) groups excluding carboxylic acids is 1. The Balaban J connectivity index is 1.94. The number of ether oxygens (including phenoxy) is 3. The highest BCUT2D eigenvalue weighted by molar-refractivity contribution is 9.11. The second-order valence-corrected chi connectivity index (χ2v) is 7.79. The number of nitrogens with one attached hydrogen (secondary N) is 1. The first kappa shape index (κ1) is 21.7. The fourth-order valence-electron chi connectivity index (χ4n) is 3.32. The molecule has 3 aromatic rings. The van der Waals surface area contributed by atoms with E-state index in [-0.39, 0.29) is 11.9 Å². The molecule has 0 radical (unpaired) electrons. The Labute approximate surface area is 183 Å². The number of benzene rings is 2. The van der Waals surface area contributed by atoms with Gasteiger partial charge in [0.1, 0.15) is 5.82 Å². The van der Waals surface area contributed by atoms with Gasteiger partial charge in [0, 0.05) is 10.0 Å². The molecule has 0 aliphatic rings. The number of imidazole rings is 1. The quantitative estimate of drug-likeness (QED) is 0.522. The molecular weight excluding hydrogens is 450 g/mol. The van der Waals surface area contributed by atoms with Crippen LogP contribution >= 0.6 is 15.9 Å². The predicted octanol–water partition coefficient (Wildman–Crippen LogP) is 4.46. The Morgan fingerprint density at radius 3 is 2.37 bits per heavy atom. The fourth-order valence-corrected chi connectivity index (χ4v) is 3.57. The van der Waals surface area contributed by atoms with Crippen molar-refractivity contribution in [2.45, 2.75) is 19.5 Å². The van der Waals surface area contributed by atoms with Crippen LogP contribution in [0, 0.1) is 0 Å². The van der Waals surface area contributed by atoms with E-state index in [1.165, 1.54) is 21.3 Å². The zero-order valence-electron chi connectivity index (χ0n) is 17.4. The lowest BCUT2D eigenvalue weighted by molar-refractivity contribution is 0.0937. The van der Waals surface area contributed by atoms with Crippen molar-refractivity contribution in [1.82, 2.24) is 14.9 Å². The molecule has 1 amide bonds. The first-order valence-electron chi connectivity index (χ1n) is 9.28. The number of methoxy groups -OCH3 is 3. The third kappa shape index (κ3) is 4.28. The number of amides is 1. The van der Waals surface area contributed by atoms with Crippen LogP contribution in [-0.2, 0) is 6.54 Å². The van der Waals surface area contributed by atoms with E-state index in [1.54, 1.807) is 12.1 Å². The molecule has 3 rings (SSSR count). The summed E-state index contributed by atoms with van der Waals surface area (Å²) in [5.41, 5.74) is 2.22. The Morgan fingerprint density at radius 2 is 1.80 bits per heavy atom. The highest BCUT2D eigenvalue weighted by atomic mass is 79.9. The normalized spacial score (nSPS) is 11.8. The lowest BCUT2D eigenvalue weighted by atomic mass is 10.1. The van der Waals surface area contributed by atoms with E-state index >= 15 is 0 Å². The Kier molecular flexibility index (Phi) is 6.66. The van der Waals surface area contributed by atoms with Crippen molar-refractivity contribution in [2.24, 2.45) is 0 Å². The topological polar surface area (TPSA) is 74.6 Å². The molecule has 0 aliphatic carbocycles. The molecule has 0 saturated heterocycles. The molecule has 0 aliphatic heterocycles. The summed E-state index contributed by atoms with van der Waals surface area (Å²) in [7, 11) is 4.54. The summed E-state index contributed by atoms with van der Waals surface area (Å²) in [6.07, 6.45) is 0. The third-order valence-electron chi connectivity index (χ3n) is 4.68. The highest BCUT2D eigenvalue weighted by Gasteiger charge is 2.22. The van der Waals surface area contributed by atoms with Crippen LogP contribution in [0.3, 0.4) is 0 Å². The van der Waals surface area contributed by atoms with Crippen LogP contribution in [0.1, 0.15) is 29.1 Å². The molecule has 158 valence electrons. The molecule has 1 heterocycles. The molecule has 0 bridgehead atoms. The average molecular weight is 474 g/mol. The SMILES string of the molecule is C=C(Br)Cn1c(C(C)NC(=O)c2cc(OC)c(OC)c(OC)c2)nc2ccccc21. The van der Waals surface area contributed by atoms with Gasteiger partial charge in [-0.15, -0.1) is 0 Å². The van der Waals surface area contributed by atoms with Crippen molar-refractivity contribution >= 4 is 32.9 Å². The van der Waals surface area contributed by atoms with Crippen LogP contribution < -0.4 is 19.5 Å². The van der Waals surface area contributed by atoms with Gasteiger partial charge in [-0.25, -0.2) is 4.98 Å². The fraction of sp³-hybridized carbons (Fsp3) is 0.273. The van der Waals surface area contributed by atoms with Gasteiger partial charge in [-0.3, -0.25) is 4.79 Å². The van der Waals surface area contributed by atoms with E-state index < -0.39 is 0 Å². The number of rotatable bonds is 8. The van der Waals surface area contributed by atoms with Crippen molar-refractivity contribution in [3.05, 3.63) is 58.8 Å². The van der Waals surface area contributed by atoms with Gasteiger partial charge < -0.3 is 24.1 Å². The second kappa shape index (κ2) is 9.21. The van der Waals surface area contributed by atoms with E-state index in [0.717, 1.165) is 21.3 Å². The number of halogens is 1. The van der Waals surface area contributed by atoms with E-state index in [2.05, 4.69) is 27.8 Å². The van der Waals surface area contributed by atoms with Crippen LogP contribution in [-0.4, -0.2) is 36.8 Å². The van der Waals surface area contributed by atoms with E-state index in [1.807, 2.05) is 35.8 Å². The number of fused-ring (bicyclic) bond motifs is 1. The molecule has 7 nitrogen and oxygen atoms in total. The summed E-state index contributed by atoms with van der Waals surface area (Å²) in [6.45, 7) is 6.38.